The molecule has 114 valence electrons. The summed E-state index contributed by atoms with van der Waals surface area (Å²) in [6.45, 7) is 11.0. The normalized spacial score (nSPS) is 13.7. The number of rotatable bonds is 8. The standard InChI is InChI=1S/C16H30N4/c1-5-16(6-2,20(7-3)8-4)14(17)11-13-9-10-19-15(18)12-13/h9-10,12,14H,5-8,11,17H2,1-4H3,(H2,18,19). The lowest BCUT2D eigenvalue weighted by molar-refractivity contribution is 0.0628. The van der Waals surface area contributed by atoms with Crippen LogP contribution in [0.5, 0.6) is 0 Å². The summed E-state index contributed by atoms with van der Waals surface area (Å²) in [4.78, 5) is 6.55. The number of anilines is 1. The predicted molar refractivity (Wildman–Crippen MR) is 86.6 cm³/mol. The molecule has 1 atom stereocenters. The molecule has 0 aliphatic rings. The maximum Gasteiger partial charge on any atom is 0.123 e. The molecule has 1 unspecified atom stereocenters. The second-order valence-electron chi connectivity index (χ2n) is 5.38. The molecule has 0 spiro atoms. The Hall–Kier alpha value is -1.13. The third-order valence-electron chi connectivity index (χ3n) is 4.61. The van der Waals surface area contributed by atoms with Gasteiger partial charge in [0.25, 0.3) is 0 Å². The molecule has 20 heavy (non-hydrogen) atoms. The van der Waals surface area contributed by atoms with E-state index in [1.54, 1.807) is 6.20 Å². The lowest BCUT2D eigenvalue weighted by Crippen LogP contribution is -2.60. The van der Waals surface area contributed by atoms with E-state index in [1.165, 1.54) is 5.56 Å². The van der Waals surface area contributed by atoms with Crippen molar-refractivity contribution < 1.29 is 0 Å². The van der Waals surface area contributed by atoms with Gasteiger partial charge in [0.05, 0.1) is 0 Å². The van der Waals surface area contributed by atoms with Gasteiger partial charge in [0.15, 0.2) is 0 Å². The molecular formula is C16H30N4. The van der Waals surface area contributed by atoms with Crippen LogP contribution in [0, 0.1) is 0 Å². The first kappa shape index (κ1) is 16.9. The van der Waals surface area contributed by atoms with E-state index in [2.05, 4.69) is 37.6 Å². The number of nitrogens with zero attached hydrogens (tertiary/aromatic N) is 2. The van der Waals surface area contributed by atoms with E-state index in [4.69, 9.17) is 11.5 Å². The zero-order chi connectivity index (χ0) is 15.2. The van der Waals surface area contributed by atoms with Crippen LogP contribution in [0.4, 0.5) is 5.82 Å². The Morgan fingerprint density at radius 3 is 2.25 bits per heavy atom. The van der Waals surface area contributed by atoms with Gasteiger partial charge in [-0.15, -0.1) is 0 Å². The number of likely N-dealkylation sites (N-methyl/N-ethyl adjacent to an activating group) is 1. The van der Waals surface area contributed by atoms with E-state index in [1.807, 2.05) is 12.1 Å². The minimum absolute atomic E-state index is 0.0571. The zero-order valence-corrected chi connectivity index (χ0v) is 13.4. The Morgan fingerprint density at radius 1 is 1.20 bits per heavy atom. The van der Waals surface area contributed by atoms with Crippen molar-refractivity contribution in [2.75, 3.05) is 18.8 Å². The monoisotopic (exact) mass is 278 g/mol. The van der Waals surface area contributed by atoms with Crippen LogP contribution in [0.3, 0.4) is 0 Å². The molecule has 1 rings (SSSR count). The van der Waals surface area contributed by atoms with E-state index in [0.717, 1.165) is 32.4 Å². The zero-order valence-electron chi connectivity index (χ0n) is 13.4. The number of hydrogen-bond donors (Lipinski definition) is 2. The fourth-order valence-corrected chi connectivity index (χ4v) is 3.37. The van der Waals surface area contributed by atoms with Crippen molar-refractivity contribution in [3.63, 3.8) is 0 Å². The average molecular weight is 278 g/mol. The Kier molecular flexibility index (Phi) is 6.43. The largest absolute Gasteiger partial charge is 0.384 e. The second-order valence-corrected chi connectivity index (χ2v) is 5.38. The molecule has 4 heteroatoms. The van der Waals surface area contributed by atoms with Gasteiger partial charge in [-0.3, -0.25) is 4.90 Å². The molecule has 0 radical (unpaired) electrons. The number of aromatic nitrogens is 1. The van der Waals surface area contributed by atoms with E-state index < -0.39 is 0 Å². The fraction of sp³-hybridized carbons (Fsp3) is 0.688. The highest BCUT2D eigenvalue weighted by Crippen LogP contribution is 2.29. The lowest BCUT2D eigenvalue weighted by atomic mass is 9.80. The molecule has 0 aromatic carbocycles. The van der Waals surface area contributed by atoms with E-state index in [9.17, 15) is 0 Å². The van der Waals surface area contributed by atoms with E-state index >= 15 is 0 Å². The SMILES string of the molecule is CCN(CC)C(CC)(CC)C(N)Cc1ccnc(N)c1. The molecule has 0 aliphatic carbocycles. The topological polar surface area (TPSA) is 68.2 Å². The predicted octanol–water partition coefficient (Wildman–Crippen LogP) is 2.43. The summed E-state index contributed by atoms with van der Waals surface area (Å²) in [7, 11) is 0. The van der Waals surface area contributed by atoms with Gasteiger partial charge >= 0.3 is 0 Å². The molecule has 0 aliphatic heterocycles. The average Bonchev–Trinajstić information content (AvgIpc) is 2.44. The first-order valence-electron chi connectivity index (χ1n) is 7.75. The highest BCUT2D eigenvalue weighted by atomic mass is 15.2. The molecule has 0 bridgehead atoms. The van der Waals surface area contributed by atoms with Gasteiger partial charge in [-0.25, -0.2) is 4.98 Å². The number of nitrogen functional groups attached to an aromatic ring is 1. The summed E-state index contributed by atoms with van der Waals surface area (Å²) in [5, 5.41) is 0. The Bertz CT molecular complexity index is 397. The van der Waals surface area contributed by atoms with Crippen molar-refractivity contribution in [3.8, 4) is 0 Å². The van der Waals surface area contributed by atoms with Crippen molar-refractivity contribution in [2.24, 2.45) is 5.73 Å². The number of nitrogens with two attached hydrogens (primary N) is 2. The minimum Gasteiger partial charge on any atom is -0.384 e. The highest BCUT2D eigenvalue weighted by molar-refractivity contribution is 5.32. The summed E-state index contributed by atoms with van der Waals surface area (Å²) in [6.07, 6.45) is 4.72. The molecule has 4 nitrogen and oxygen atoms in total. The van der Waals surface area contributed by atoms with Crippen molar-refractivity contribution in [1.29, 1.82) is 0 Å². The molecule has 1 heterocycles. The maximum absolute atomic E-state index is 6.61. The molecular weight excluding hydrogens is 248 g/mol. The molecule has 0 saturated carbocycles. The van der Waals surface area contributed by atoms with Gasteiger partial charge in [0.1, 0.15) is 5.82 Å². The van der Waals surface area contributed by atoms with Crippen molar-refractivity contribution in [2.45, 2.75) is 58.5 Å². The molecule has 0 fully saturated rings. The Balaban J connectivity index is 2.96. The van der Waals surface area contributed by atoms with Crippen molar-refractivity contribution in [1.82, 2.24) is 9.88 Å². The smallest absolute Gasteiger partial charge is 0.123 e. The fourth-order valence-electron chi connectivity index (χ4n) is 3.37. The van der Waals surface area contributed by atoms with Gasteiger partial charge in [-0.05, 0) is 50.0 Å². The van der Waals surface area contributed by atoms with Gasteiger partial charge < -0.3 is 11.5 Å². The summed E-state index contributed by atoms with van der Waals surface area (Å²) < 4.78 is 0. The first-order chi connectivity index (χ1) is 9.53. The summed E-state index contributed by atoms with van der Waals surface area (Å²) >= 11 is 0. The summed E-state index contributed by atoms with van der Waals surface area (Å²) in [5.41, 5.74) is 13.6. The van der Waals surface area contributed by atoms with Gasteiger partial charge in [0, 0.05) is 17.8 Å². The minimum atomic E-state index is 0.0571. The molecule has 0 amide bonds. The van der Waals surface area contributed by atoms with Crippen LogP contribution in [0.15, 0.2) is 18.3 Å². The van der Waals surface area contributed by atoms with Crippen molar-refractivity contribution in [3.05, 3.63) is 23.9 Å². The lowest BCUT2D eigenvalue weighted by Gasteiger charge is -2.46. The van der Waals surface area contributed by atoms with Gasteiger partial charge in [-0.1, -0.05) is 27.7 Å². The Morgan fingerprint density at radius 2 is 1.80 bits per heavy atom. The highest BCUT2D eigenvalue weighted by Gasteiger charge is 2.37. The van der Waals surface area contributed by atoms with Crippen LogP contribution in [-0.2, 0) is 6.42 Å². The van der Waals surface area contributed by atoms with E-state index in [0.29, 0.717) is 5.82 Å². The van der Waals surface area contributed by atoms with Crippen LogP contribution in [0.2, 0.25) is 0 Å². The van der Waals surface area contributed by atoms with Crippen LogP contribution < -0.4 is 11.5 Å². The van der Waals surface area contributed by atoms with E-state index in [-0.39, 0.29) is 11.6 Å². The van der Waals surface area contributed by atoms with Crippen LogP contribution in [0.1, 0.15) is 46.1 Å². The first-order valence-corrected chi connectivity index (χ1v) is 7.75. The molecule has 1 aromatic heterocycles. The van der Waals surface area contributed by atoms with Gasteiger partial charge in [-0.2, -0.15) is 0 Å². The number of pyridine rings is 1. The van der Waals surface area contributed by atoms with Gasteiger partial charge in [0.2, 0.25) is 0 Å². The molecule has 4 N–H and O–H groups in total. The third kappa shape index (κ3) is 3.49. The third-order valence-corrected chi connectivity index (χ3v) is 4.61. The Labute approximate surface area is 123 Å². The second kappa shape index (κ2) is 7.60. The number of hydrogen-bond acceptors (Lipinski definition) is 4. The summed E-state index contributed by atoms with van der Waals surface area (Å²) in [6, 6.07) is 4.03. The molecule has 1 aromatic rings. The van der Waals surface area contributed by atoms with Crippen LogP contribution in [-0.4, -0.2) is 34.6 Å². The maximum atomic E-state index is 6.61. The van der Waals surface area contributed by atoms with Crippen LogP contribution in [0.25, 0.3) is 0 Å². The van der Waals surface area contributed by atoms with Crippen molar-refractivity contribution >= 4 is 5.82 Å². The molecule has 0 saturated heterocycles. The summed E-state index contributed by atoms with van der Waals surface area (Å²) in [5.74, 6) is 0.566. The van der Waals surface area contributed by atoms with Crippen LogP contribution >= 0.6 is 0 Å². The quantitative estimate of drug-likeness (QED) is 0.766.